The lowest BCUT2D eigenvalue weighted by molar-refractivity contribution is 0.627. The van der Waals surface area contributed by atoms with Crippen molar-refractivity contribution in [2.75, 3.05) is 0 Å². The maximum absolute atomic E-state index is 12.7. The summed E-state index contributed by atoms with van der Waals surface area (Å²) >= 11 is 0. The highest BCUT2D eigenvalue weighted by Gasteiger charge is 2.03. The Bertz CT molecular complexity index is 320. The lowest BCUT2D eigenvalue weighted by atomic mass is 10.1. The number of hydrogen-bond acceptors (Lipinski definition) is 2. The van der Waals surface area contributed by atoms with Gasteiger partial charge >= 0.3 is 0 Å². The Morgan fingerprint density at radius 3 is 2.75 bits per heavy atom. The van der Waals surface area contributed by atoms with E-state index in [1.54, 1.807) is 6.07 Å². The Labute approximate surface area is 69.9 Å². The summed E-state index contributed by atoms with van der Waals surface area (Å²) in [4.78, 5) is 0. The lowest BCUT2D eigenvalue weighted by Gasteiger charge is -2.02. The van der Waals surface area contributed by atoms with E-state index in [2.05, 4.69) is 5.10 Å². The van der Waals surface area contributed by atoms with Crippen molar-refractivity contribution in [2.45, 2.75) is 6.92 Å². The first-order chi connectivity index (χ1) is 5.65. The second-order valence-electron chi connectivity index (χ2n) is 2.47. The van der Waals surface area contributed by atoms with E-state index in [9.17, 15) is 4.39 Å². The van der Waals surface area contributed by atoms with E-state index in [4.69, 9.17) is 11.6 Å². The monoisotopic (exact) mass is 167 g/mol. The first-order valence-corrected chi connectivity index (χ1v) is 3.45. The van der Waals surface area contributed by atoms with Crippen LogP contribution in [0.1, 0.15) is 11.1 Å². The molecule has 0 heterocycles. The van der Waals surface area contributed by atoms with Gasteiger partial charge in [-0.05, 0) is 24.6 Å². The molecule has 4 N–H and O–H groups in total. The van der Waals surface area contributed by atoms with Crippen molar-refractivity contribution in [1.82, 2.24) is 0 Å². The molecule has 0 radical (unpaired) electrons. The highest BCUT2D eigenvalue weighted by molar-refractivity contribution is 5.98. The summed E-state index contributed by atoms with van der Waals surface area (Å²) in [5, 5.41) is 3.29. The van der Waals surface area contributed by atoms with E-state index in [1.807, 2.05) is 6.92 Å². The minimum atomic E-state index is -0.345. The van der Waals surface area contributed by atoms with Crippen molar-refractivity contribution < 1.29 is 4.39 Å². The summed E-state index contributed by atoms with van der Waals surface area (Å²) in [5.41, 5.74) is 6.81. The van der Waals surface area contributed by atoms with Gasteiger partial charge in [0.05, 0.1) is 0 Å². The van der Waals surface area contributed by atoms with Crippen LogP contribution in [0.4, 0.5) is 4.39 Å². The minimum Gasteiger partial charge on any atom is -0.382 e. The first-order valence-electron chi connectivity index (χ1n) is 3.45. The van der Waals surface area contributed by atoms with Crippen LogP contribution in [0.15, 0.2) is 23.3 Å². The second-order valence-corrected chi connectivity index (χ2v) is 2.47. The van der Waals surface area contributed by atoms with Crippen molar-refractivity contribution in [1.29, 1.82) is 0 Å². The van der Waals surface area contributed by atoms with E-state index < -0.39 is 0 Å². The number of aryl methyl sites for hydroxylation is 1. The molecule has 0 aromatic heterocycles. The quantitative estimate of drug-likeness (QED) is 0.280. The third kappa shape index (κ3) is 1.53. The zero-order valence-electron chi connectivity index (χ0n) is 6.71. The van der Waals surface area contributed by atoms with E-state index in [-0.39, 0.29) is 11.7 Å². The summed E-state index contributed by atoms with van der Waals surface area (Å²) in [6.45, 7) is 1.81. The van der Waals surface area contributed by atoms with Gasteiger partial charge in [0, 0.05) is 5.56 Å². The van der Waals surface area contributed by atoms with Crippen LogP contribution in [0.25, 0.3) is 0 Å². The molecule has 1 rings (SSSR count). The molecule has 3 nitrogen and oxygen atoms in total. The van der Waals surface area contributed by atoms with Crippen LogP contribution in [-0.2, 0) is 0 Å². The number of rotatable bonds is 1. The predicted octanol–water partition coefficient (Wildman–Crippen LogP) is 0.713. The molecular weight excluding hydrogens is 157 g/mol. The Kier molecular flexibility index (Phi) is 2.28. The highest BCUT2D eigenvalue weighted by atomic mass is 19.1. The smallest absolute Gasteiger partial charge is 0.150 e. The van der Waals surface area contributed by atoms with Gasteiger partial charge in [-0.3, -0.25) is 0 Å². The van der Waals surface area contributed by atoms with Crippen molar-refractivity contribution >= 4 is 5.84 Å². The molecule has 0 atom stereocenters. The molecule has 1 aromatic carbocycles. The van der Waals surface area contributed by atoms with Crippen LogP contribution in [0.5, 0.6) is 0 Å². The van der Waals surface area contributed by atoms with Crippen LogP contribution < -0.4 is 11.6 Å². The number of benzene rings is 1. The third-order valence-corrected chi connectivity index (χ3v) is 1.61. The molecular formula is C8H10FN3. The van der Waals surface area contributed by atoms with Crippen LogP contribution in [0.3, 0.4) is 0 Å². The van der Waals surface area contributed by atoms with Gasteiger partial charge in [-0.25, -0.2) is 4.39 Å². The van der Waals surface area contributed by atoms with Crippen LogP contribution in [0.2, 0.25) is 0 Å². The maximum atomic E-state index is 12.7. The standard InChI is InChI=1S/C8H10FN3/c1-5-2-3-6(9)4-7(5)8(10)12-11/h2-4H,11H2,1H3,(H2,10,12). The Balaban J connectivity index is 3.23. The van der Waals surface area contributed by atoms with Gasteiger partial charge in [0.25, 0.3) is 0 Å². The molecule has 0 saturated carbocycles. The van der Waals surface area contributed by atoms with Crippen molar-refractivity contribution in [3.63, 3.8) is 0 Å². The second kappa shape index (κ2) is 3.21. The van der Waals surface area contributed by atoms with Crippen LogP contribution in [-0.4, -0.2) is 5.84 Å². The molecule has 0 unspecified atom stereocenters. The molecule has 0 saturated heterocycles. The molecule has 4 heteroatoms. The molecule has 0 amide bonds. The SMILES string of the molecule is Cc1ccc(F)cc1C(N)=NN. The first kappa shape index (κ1) is 8.52. The Morgan fingerprint density at radius 2 is 2.17 bits per heavy atom. The molecule has 12 heavy (non-hydrogen) atoms. The summed E-state index contributed by atoms with van der Waals surface area (Å²) in [7, 11) is 0. The number of nitrogens with two attached hydrogens (primary N) is 2. The van der Waals surface area contributed by atoms with Crippen LogP contribution in [0, 0.1) is 12.7 Å². The molecule has 0 bridgehead atoms. The molecule has 0 aliphatic heterocycles. The Morgan fingerprint density at radius 1 is 1.50 bits per heavy atom. The molecule has 64 valence electrons. The third-order valence-electron chi connectivity index (χ3n) is 1.61. The number of hydrogen-bond donors (Lipinski definition) is 2. The van der Waals surface area contributed by atoms with E-state index in [0.717, 1.165) is 5.56 Å². The van der Waals surface area contributed by atoms with Crippen molar-refractivity contribution in [3.8, 4) is 0 Å². The summed E-state index contributed by atoms with van der Waals surface area (Å²) in [6, 6.07) is 4.30. The van der Waals surface area contributed by atoms with Crippen LogP contribution >= 0.6 is 0 Å². The fraction of sp³-hybridized carbons (Fsp3) is 0.125. The number of halogens is 1. The van der Waals surface area contributed by atoms with E-state index in [0.29, 0.717) is 5.56 Å². The molecule has 0 aliphatic carbocycles. The summed E-state index contributed by atoms with van der Waals surface area (Å²) in [5.74, 6) is 4.76. The number of hydrazone groups is 1. The zero-order chi connectivity index (χ0) is 9.14. The largest absolute Gasteiger partial charge is 0.382 e. The van der Waals surface area contributed by atoms with Gasteiger partial charge in [0.15, 0.2) is 5.84 Å². The maximum Gasteiger partial charge on any atom is 0.150 e. The average Bonchev–Trinajstić information content (AvgIpc) is 2.08. The van der Waals surface area contributed by atoms with Gasteiger partial charge in [-0.1, -0.05) is 6.07 Å². The molecule has 0 fully saturated rings. The van der Waals surface area contributed by atoms with Crippen molar-refractivity contribution in [2.24, 2.45) is 16.7 Å². The topological polar surface area (TPSA) is 64.4 Å². The lowest BCUT2D eigenvalue weighted by Crippen LogP contribution is -2.17. The van der Waals surface area contributed by atoms with Gasteiger partial charge in [0.2, 0.25) is 0 Å². The van der Waals surface area contributed by atoms with Gasteiger partial charge in [0.1, 0.15) is 5.82 Å². The van der Waals surface area contributed by atoms with E-state index in [1.165, 1.54) is 12.1 Å². The van der Waals surface area contributed by atoms with Gasteiger partial charge in [-0.2, -0.15) is 5.10 Å². The van der Waals surface area contributed by atoms with Crippen molar-refractivity contribution in [3.05, 3.63) is 35.1 Å². The normalized spacial score (nSPS) is 11.7. The summed E-state index contributed by atoms with van der Waals surface area (Å²) in [6.07, 6.45) is 0. The highest BCUT2D eigenvalue weighted by Crippen LogP contribution is 2.09. The predicted molar refractivity (Wildman–Crippen MR) is 46.0 cm³/mol. The molecule has 0 spiro atoms. The molecule has 0 aliphatic rings. The fourth-order valence-corrected chi connectivity index (χ4v) is 0.940. The van der Waals surface area contributed by atoms with Gasteiger partial charge < -0.3 is 11.6 Å². The number of amidine groups is 1. The summed E-state index contributed by atoms with van der Waals surface area (Å²) < 4.78 is 12.7. The van der Waals surface area contributed by atoms with E-state index >= 15 is 0 Å². The molecule has 1 aromatic rings. The fourth-order valence-electron chi connectivity index (χ4n) is 0.940. The Hall–Kier alpha value is -1.58. The van der Waals surface area contributed by atoms with Gasteiger partial charge in [-0.15, -0.1) is 0 Å². The number of nitrogens with zero attached hydrogens (tertiary/aromatic N) is 1. The average molecular weight is 167 g/mol. The zero-order valence-corrected chi connectivity index (χ0v) is 6.71. The minimum absolute atomic E-state index is 0.145.